The van der Waals surface area contributed by atoms with Crippen LogP contribution >= 0.6 is 0 Å². The molecule has 0 aromatic carbocycles. The maximum Gasteiger partial charge on any atom is 0.318 e. The topological polar surface area (TPSA) is 91.8 Å². The van der Waals surface area contributed by atoms with Crippen molar-refractivity contribution in [3.8, 4) is 0 Å². The molecule has 1 amide bonds. The van der Waals surface area contributed by atoms with E-state index in [1.165, 1.54) is 11.8 Å². The van der Waals surface area contributed by atoms with Gasteiger partial charge in [0.2, 0.25) is 5.91 Å². The van der Waals surface area contributed by atoms with E-state index in [0.717, 1.165) is 0 Å². The number of hydrogen-bond donors (Lipinski definition) is 1. The van der Waals surface area contributed by atoms with Crippen LogP contribution in [0.4, 0.5) is 0 Å². The fourth-order valence-corrected chi connectivity index (χ4v) is 2.29. The second-order valence-electron chi connectivity index (χ2n) is 3.35. The monoisotopic (exact) mass is 251 g/mol. The first-order chi connectivity index (χ1) is 7.26. The molecule has 0 aliphatic heterocycles. The SMILES string of the molecule is CCN(CC)C(=O)C(C)S(=O)(=O)CC(=O)O. The standard InChI is InChI=1S/C9H17NO5S/c1-4-10(5-2)9(13)7(3)16(14,15)6-8(11)12/h7H,4-6H2,1-3H3,(H,11,12). The molecule has 6 nitrogen and oxygen atoms in total. The highest BCUT2D eigenvalue weighted by Gasteiger charge is 2.32. The minimum atomic E-state index is -3.91. The smallest absolute Gasteiger partial charge is 0.318 e. The summed E-state index contributed by atoms with van der Waals surface area (Å²) < 4.78 is 23.0. The molecule has 0 heterocycles. The molecule has 0 saturated carbocycles. The minimum Gasteiger partial charge on any atom is -0.480 e. The van der Waals surface area contributed by atoms with Crippen molar-refractivity contribution in [1.29, 1.82) is 0 Å². The Hall–Kier alpha value is -1.11. The van der Waals surface area contributed by atoms with Gasteiger partial charge in [-0.05, 0) is 20.8 Å². The molecule has 0 fully saturated rings. The molecule has 0 spiro atoms. The van der Waals surface area contributed by atoms with Gasteiger partial charge in [-0.3, -0.25) is 9.59 Å². The Kier molecular flexibility index (Phi) is 5.43. The molecule has 0 radical (unpaired) electrons. The lowest BCUT2D eigenvalue weighted by Crippen LogP contribution is -2.42. The number of carboxylic acids is 1. The number of nitrogens with zero attached hydrogens (tertiary/aromatic N) is 1. The Labute approximate surface area is 95.2 Å². The number of rotatable bonds is 6. The number of carboxylic acid groups (broad SMARTS) is 1. The van der Waals surface area contributed by atoms with Crippen molar-refractivity contribution in [2.75, 3.05) is 18.8 Å². The highest BCUT2D eigenvalue weighted by Crippen LogP contribution is 2.06. The predicted octanol–water partition coefficient (Wildman–Crippen LogP) is -0.257. The van der Waals surface area contributed by atoms with Crippen molar-refractivity contribution in [3.05, 3.63) is 0 Å². The van der Waals surface area contributed by atoms with Crippen LogP contribution in [0.15, 0.2) is 0 Å². The zero-order chi connectivity index (χ0) is 12.9. The zero-order valence-corrected chi connectivity index (χ0v) is 10.5. The van der Waals surface area contributed by atoms with Crippen LogP contribution in [0, 0.1) is 0 Å². The van der Waals surface area contributed by atoms with E-state index < -0.39 is 32.7 Å². The summed E-state index contributed by atoms with van der Waals surface area (Å²) in [4.78, 5) is 23.4. The third-order valence-corrected chi connectivity index (χ3v) is 4.21. The van der Waals surface area contributed by atoms with Crippen molar-refractivity contribution in [2.45, 2.75) is 26.0 Å². The molecule has 1 atom stereocenters. The van der Waals surface area contributed by atoms with E-state index in [9.17, 15) is 18.0 Å². The fourth-order valence-electron chi connectivity index (χ4n) is 1.24. The van der Waals surface area contributed by atoms with Crippen molar-refractivity contribution in [2.24, 2.45) is 0 Å². The second-order valence-corrected chi connectivity index (χ2v) is 5.68. The molecule has 1 unspecified atom stereocenters. The van der Waals surface area contributed by atoms with Crippen LogP contribution < -0.4 is 0 Å². The average Bonchev–Trinajstić information content (AvgIpc) is 2.16. The first-order valence-electron chi connectivity index (χ1n) is 4.98. The Morgan fingerprint density at radius 3 is 2.00 bits per heavy atom. The van der Waals surface area contributed by atoms with Gasteiger partial charge in [0.15, 0.2) is 9.84 Å². The normalized spacial score (nSPS) is 13.2. The molecule has 0 aromatic rings. The second kappa shape index (κ2) is 5.83. The number of carbonyl (C=O) groups is 2. The van der Waals surface area contributed by atoms with Gasteiger partial charge in [-0.15, -0.1) is 0 Å². The van der Waals surface area contributed by atoms with Crippen LogP contribution in [0.1, 0.15) is 20.8 Å². The summed E-state index contributed by atoms with van der Waals surface area (Å²) in [5.74, 6) is -3.01. The van der Waals surface area contributed by atoms with Crippen molar-refractivity contribution in [3.63, 3.8) is 0 Å². The van der Waals surface area contributed by atoms with Crippen LogP contribution in [-0.4, -0.2) is 54.4 Å². The predicted molar refractivity (Wildman–Crippen MR) is 58.8 cm³/mol. The molecule has 7 heteroatoms. The lowest BCUT2D eigenvalue weighted by atomic mass is 10.4. The molecule has 0 aliphatic rings. The summed E-state index contributed by atoms with van der Waals surface area (Å²) in [5.41, 5.74) is 0. The van der Waals surface area contributed by atoms with Crippen LogP contribution in [0.2, 0.25) is 0 Å². The number of carbonyl (C=O) groups excluding carboxylic acids is 1. The maximum atomic E-state index is 11.7. The van der Waals surface area contributed by atoms with Crippen molar-refractivity contribution >= 4 is 21.7 Å². The molecule has 16 heavy (non-hydrogen) atoms. The van der Waals surface area contributed by atoms with E-state index in [1.807, 2.05) is 0 Å². The maximum absolute atomic E-state index is 11.7. The summed E-state index contributed by atoms with van der Waals surface area (Å²) in [6.45, 7) is 5.50. The molecule has 1 N–H and O–H groups in total. The lowest BCUT2D eigenvalue weighted by Gasteiger charge is -2.22. The van der Waals surface area contributed by atoms with Gasteiger partial charge in [-0.2, -0.15) is 0 Å². The summed E-state index contributed by atoms with van der Waals surface area (Å²) in [7, 11) is -3.91. The Balaban J connectivity index is 4.85. The molecule has 0 saturated heterocycles. The molecule has 0 aromatic heterocycles. The average molecular weight is 251 g/mol. The first-order valence-corrected chi connectivity index (χ1v) is 6.69. The summed E-state index contributed by atoms with van der Waals surface area (Å²) in [6, 6.07) is 0. The third kappa shape index (κ3) is 3.80. The summed E-state index contributed by atoms with van der Waals surface area (Å²) in [5, 5.41) is 7.13. The summed E-state index contributed by atoms with van der Waals surface area (Å²) >= 11 is 0. The van der Waals surface area contributed by atoms with Crippen LogP contribution in [-0.2, 0) is 19.4 Å². The van der Waals surface area contributed by atoms with Crippen molar-refractivity contribution < 1.29 is 23.1 Å². The van der Waals surface area contributed by atoms with Gasteiger partial charge in [0.1, 0.15) is 11.0 Å². The number of sulfone groups is 1. The van der Waals surface area contributed by atoms with E-state index >= 15 is 0 Å². The number of hydrogen-bond acceptors (Lipinski definition) is 4. The van der Waals surface area contributed by atoms with E-state index in [-0.39, 0.29) is 0 Å². The fraction of sp³-hybridized carbons (Fsp3) is 0.778. The van der Waals surface area contributed by atoms with Crippen LogP contribution in [0.5, 0.6) is 0 Å². The Morgan fingerprint density at radius 1 is 1.25 bits per heavy atom. The highest BCUT2D eigenvalue weighted by molar-refractivity contribution is 7.93. The molecular weight excluding hydrogens is 234 g/mol. The van der Waals surface area contributed by atoms with Gasteiger partial charge >= 0.3 is 5.97 Å². The molecule has 94 valence electrons. The van der Waals surface area contributed by atoms with Gasteiger partial charge in [0, 0.05) is 13.1 Å². The molecule has 0 bridgehead atoms. The summed E-state index contributed by atoms with van der Waals surface area (Å²) in [6.07, 6.45) is 0. The van der Waals surface area contributed by atoms with Crippen LogP contribution in [0.25, 0.3) is 0 Å². The molecule has 0 aliphatic carbocycles. The van der Waals surface area contributed by atoms with Gasteiger partial charge in [-0.1, -0.05) is 0 Å². The Bertz CT molecular complexity index is 358. The highest BCUT2D eigenvalue weighted by atomic mass is 32.2. The minimum absolute atomic E-state index is 0.405. The molecular formula is C9H17NO5S. The number of amides is 1. The van der Waals surface area contributed by atoms with Gasteiger partial charge in [0.25, 0.3) is 0 Å². The van der Waals surface area contributed by atoms with E-state index in [1.54, 1.807) is 13.8 Å². The van der Waals surface area contributed by atoms with E-state index in [0.29, 0.717) is 13.1 Å². The Morgan fingerprint density at radius 2 is 1.69 bits per heavy atom. The lowest BCUT2D eigenvalue weighted by molar-refractivity contribution is -0.134. The van der Waals surface area contributed by atoms with Gasteiger partial charge < -0.3 is 10.0 Å². The van der Waals surface area contributed by atoms with Crippen molar-refractivity contribution in [1.82, 2.24) is 4.90 Å². The first kappa shape index (κ1) is 14.9. The number of aliphatic carboxylic acids is 1. The largest absolute Gasteiger partial charge is 0.480 e. The van der Waals surface area contributed by atoms with E-state index in [2.05, 4.69) is 0 Å². The zero-order valence-electron chi connectivity index (χ0n) is 9.63. The quantitative estimate of drug-likeness (QED) is 0.702. The molecule has 0 rings (SSSR count). The van der Waals surface area contributed by atoms with Gasteiger partial charge in [0.05, 0.1) is 0 Å². The third-order valence-electron chi connectivity index (χ3n) is 2.29. The van der Waals surface area contributed by atoms with E-state index in [4.69, 9.17) is 5.11 Å². The van der Waals surface area contributed by atoms with Crippen LogP contribution in [0.3, 0.4) is 0 Å². The van der Waals surface area contributed by atoms with Gasteiger partial charge in [-0.25, -0.2) is 8.42 Å².